The minimum absolute atomic E-state index is 0.166. The maximum absolute atomic E-state index is 5.45. The molecule has 2 N–H and O–H groups in total. The number of hydrogen-bond acceptors (Lipinski definition) is 5. The number of pyridine rings is 1. The monoisotopic (exact) mass is 354 g/mol. The van der Waals surface area contributed by atoms with Gasteiger partial charge in [-0.3, -0.25) is 0 Å². The lowest BCUT2D eigenvalue weighted by Crippen LogP contribution is -2.43. The Kier molecular flexibility index (Phi) is 9.56. The number of thioether (sulfide) groups is 1. The first-order valence-corrected chi connectivity index (χ1v) is 9.37. The Balaban J connectivity index is 2.55. The lowest BCUT2D eigenvalue weighted by molar-refractivity contribution is 0.143. The van der Waals surface area contributed by atoms with E-state index >= 15 is 0 Å². The zero-order valence-corrected chi connectivity index (χ0v) is 16.2. The average Bonchev–Trinajstić information content (AvgIpc) is 2.59. The van der Waals surface area contributed by atoms with Crippen LogP contribution in [0.15, 0.2) is 23.3 Å². The number of hydrogen-bond donors (Lipinski definition) is 2. The van der Waals surface area contributed by atoms with E-state index in [0.29, 0.717) is 25.6 Å². The summed E-state index contributed by atoms with van der Waals surface area (Å²) in [5.74, 6) is 1.42. The Morgan fingerprint density at radius 3 is 2.67 bits per heavy atom. The predicted octanol–water partition coefficient (Wildman–Crippen LogP) is 2.30. The van der Waals surface area contributed by atoms with Gasteiger partial charge in [-0.2, -0.15) is 11.8 Å². The maximum atomic E-state index is 5.45. The molecule has 0 unspecified atom stereocenters. The molecular formula is C17H30N4O2S. The van der Waals surface area contributed by atoms with Gasteiger partial charge >= 0.3 is 0 Å². The molecule has 0 aromatic carbocycles. The second kappa shape index (κ2) is 11.1. The van der Waals surface area contributed by atoms with Crippen LogP contribution in [0, 0.1) is 0 Å². The van der Waals surface area contributed by atoms with E-state index in [-0.39, 0.29) is 4.75 Å². The van der Waals surface area contributed by atoms with Crippen molar-refractivity contribution in [3.05, 3.63) is 23.9 Å². The van der Waals surface area contributed by atoms with Gasteiger partial charge in [0.25, 0.3) is 0 Å². The molecule has 0 amide bonds. The van der Waals surface area contributed by atoms with Crippen LogP contribution in [0.1, 0.15) is 26.3 Å². The van der Waals surface area contributed by atoms with Crippen molar-refractivity contribution in [2.75, 3.05) is 39.7 Å². The van der Waals surface area contributed by atoms with Gasteiger partial charge in [0.2, 0.25) is 5.88 Å². The van der Waals surface area contributed by atoms with Crippen LogP contribution in [0.3, 0.4) is 0 Å². The van der Waals surface area contributed by atoms with Gasteiger partial charge in [-0.05, 0) is 32.6 Å². The topological polar surface area (TPSA) is 67.8 Å². The predicted molar refractivity (Wildman–Crippen MR) is 102 cm³/mol. The minimum atomic E-state index is 0.166. The van der Waals surface area contributed by atoms with Crippen LogP contribution in [0.25, 0.3) is 0 Å². The third kappa shape index (κ3) is 8.40. The summed E-state index contributed by atoms with van der Waals surface area (Å²) in [4.78, 5) is 8.89. The third-order valence-corrected chi connectivity index (χ3v) is 4.58. The molecule has 0 fully saturated rings. The number of rotatable bonds is 10. The Hall–Kier alpha value is -1.47. The summed E-state index contributed by atoms with van der Waals surface area (Å²) in [5, 5.41) is 6.65. The number of nitrogens with zero attached hydrogens (tertiary/aromatic N) is 2. The van der Waals surface area contributed by atoms with Crippen LogP contribution in [-0.2, 0) is 11.3 Å². The quantitative estimate of drug-likeness (QED) is 0.382. The molecule has 0 spiro atoms. The molecule has 0 radical (unpaired) electrons. The first kappa shape index (κ1) is 20.6. The molecule has 1 rings (SSSR count). The fourth-order valence-electron chi connectivity index (χ4n) is 1.70. The van der Waals surface area contributed by atoms with Gasteiger partial charge in [0.15, 0.2) is 5.96 Å². The number of aliphatic imine (C=N–C) groups is 1. The SMILES string of the molecule is CCNC(=NCc1ccc(OCCOC)nc1)NCC(C)(C)SC. The van der Waals surface area contributed by atoms with Crippen LogP contribution in [-0.4, -0.2) is 55.4 Å². The Morgan fingerprint density at radius 1 is 1.29 bits per heavy atom. The highest BCUT2D eigenvalue weighted by atomic mass is 32.2. The van der Waals surface area contributed by atoms with Crippen molar-refractivity contribution < 1.29 is 9.47 Å². The second-order valence-corrected chi connectivity index (χ2v) is 7.37. The van der Waals surface area contributed by atoms with Crippen molar-refractivity contribution in [3.8, 4) is 5.88 Å². The highest BCUT2D eigenvalue weighted by molar-refractivity contribution is 7.99. The third-order valence-electron chi connectivity index (χ3n) is 3.33. The van der Waals surface area contributed by atoms with Crippen LogP contribution >= 0.6 is 11.8 Å². The molecule has 0 saturated carbocycles. The summed E-state index contributed by atoms with van der Waals surface area (Å²) in [5.41, 5.74) is 1.04. The molecule has 7 heteroatoms. The van der Waals surface area contributed by atoms with Gasteiger partial charge in [-0.15, -0.1) is 0 Å². The molecule has 1 aromatic rings. The van der Waals surface area contributed by atoms with E-state index in [1.807, 2.05) is 23.9 Å². The molecule has 24 heavy (non-hydrogen) atoms. The highest BCUT2D eigenvalue weighted by Crippen LogP contribution is 2.19. The van der Waals surface area contributed by atoms with E-state index in [4.69, 9.17) is 9.47 Å². The van der Waals surface area contributed by atoms with Crippen molar-refractivity contribution in [2.45, 2.75) is 32.1 Å². The molecule has 0 aliphatic carbocycles. The summed E-state index contributed by atoms with van der Waals surface area (Å²) in [6.45, 7) is 9.78. The largest absolute Gasteiger partial charge is 0.475 e. The van der Waals surface area contributed by atoms with Gasteiger partial charge in [0.1, 0.15) is 6.61 Å². The summed E-state index contributed by atoms with van der Waals surface area (Å²) >= 11 is 1.83. The fraction of sp³-hybridized carbons (Fsp3) is 0.647. The van der Waals surface area contributed by atoms with Gasteiger partial charge in [-0.25, -0.2) is 9.98 Å². The normalized spacial score (nSPS) is 12.1. The lowest BCUT2D eigenvalue weighted by Gasteiger charge is -2.23. The van der Waals surface area contributed by atoms with E-state index in [1.54, 1.807) is 13.3 Å². The smallest absolute Gasteiger partial charge is 0.213 e. The highest BCUT2D eigenvalue weighted by Gasteiger charge is 2.16. The molecule has 0 saturated heterocycles. The van der Waals surface area contributed by atoms with Crippen LogP contribution < -0.4 is 15.4 Å². The fourth-order valence-corrected chi connectivity index (χ4v) is 1.92. The molecule has 1 aromatic heterocycles. The number of methoxy groups -OCH3 is 1. The number of aromatic nitrogens is 1. The van der Waals surface area contributed by atoms with Crippen molar-refractivity contribution in [1.82, 2.24) is 15.6 Å². The molecule has 0 aliphatic rings. The number of guanidine groups is 1. The van der Waals surface area contributed by atoms with Gasteiger partial charge in [0.05, 0.1) is 13.2 Å². The first-order chi connectivity index (χ1) is 11.5. The van der Waals surface area contributed by atoms with Crippen LogP contribution in [0.4, 0.5) is 0 Å². The second-order valence-electron chi connectivity index (χ2n) is 5.86. The van der Waals surface area contributed by atoms with Crippen molar-refractivity contribution >= 4 is 17.7 Å². The Morgan fingerprint density at radius 2 is 2.08 bits per heavy atom. The number of ether oxygens (including phenoxy) is 2. The van der Waals surface area contributed by atoms with Crippen molar-refractivity contribution in [2.24, 2.45) is 4.99 Å². The molecule has 136 valence electrons. The molecule has 6 nitrogen and oxygen atoms in total. The zero-order valence-electron chi connectivity index (χ0n) is 15.4. The van der Waals surface area contributed by atoms with Crippen molar-refractivity contribution in [1.29, 1.82) is 0 Å². The molecule has 1 heterocycles. The average molecular weight is 355 g/mol. The van der Waals surface area contributed by atoms with Crippen molar-refractivity contribution in [3.63, 3.8) is 0 Å². The van der Waals surface area contributed by atoms with E-state index < -0.39 is 0 Å². The van der Waals surface area contributed by atoms with E-state index in [9.17, 15) is 0 Å². The summed E-state index contributed by atoms with van der Waals surface area (Å²) in [6, 6.07) is 3.84. The summed E-state index contributed by atoms with van der Waals surface area (Å²) in [7, 11) is 1.65. The minimum Gasteiger partial charge on any atom is -0.475 e. The maximum Gasteiger partial charge on any atom is 0.213 e. The summed E-state index contributed by atoms with van der Waals surface area (Å²) in [6.07, 6.45) is 3.91. The van der Waals surface area contributed by atoms with Crippen LogP contribution in [0.2, 0.25) is 0 Å². The van der Waals surface area contributed by atoms with Gasteiger partial charge in [0, 0.05) is 37.2 Å². The number of nitrogens with one attached hydrogen (secondary N) is 2. The Bertz CT molecular complexity index is 492. The molecule has 0 atom stereocenters. The van der Waals surface area contributed by atoms with E-state index in [0.717, 1.165) is 24.6 Å². The van der Waals surface area contributed by atoms with Gasteiger partial charge in [-0.1, -0.05) is 6.07 Å². The van der Waals surface area contributed by atoms with E-state index in [2.05, 4.69) is 47.6 Å². The van der Waals surface area contributed by atoms with Gasteiger partial charge < -0.3 is 20.1 Å². The van der Waals surface area contributed by atoms with E-state index in [1.165, 1.54) is 0 Å². The molecule has 0 aliphatic heterocycles. The first-order valence-electron chi connectivity index (χ1n) is 8.14. The molecular weight excluding hydrogens is 324 g/mol. The summed E-state index contributed by atoms with van der Waals surface area (Å²) < 4.78 is 10.6. The lowest BCUT2D eigenvalue weighted by atomic mass is 10.2. The standard InChI is InChI=1S/C17H30N4O2S/c1-6-18-16(21-13-17(2,3)24-5)20-12-14-7-8-15(19-11-14)23-10-9-22-4/h7-8,11H,6,9-10,12-13H2,1-5H3,(H2,18,20,21). The zero-order chi connectivity index (χ0) is 17.8. The van der Waals surface area contributed by atoms with Crippen LogP contribution in [0.5, 0.6) is 5.88 Å². The Labute approximate surface area is 149 Å². The molecule has 0 bridgehead atoms.